The van der Waals surface area contributed by atoms with E-state index in [1.165, 1.54) is 23.9 Å². The number of carbonyl (C=O) groups excluding carboxylic acids is 1. The Morgan fingerprint density at radius 3 is 2.52 bits per heavy atom. The van der Waals surface area contributed by atoms with Crippen molar-refractivity contribution in [3.05, 3.63) is 66.2 Å². The number of nitrogens with zero attached hydrogens (tertiary/aromatic N) is 1. The van der Waals surface area contributed by atoms with Crippen LogP contribution in [0.4, 0.5) is 0 Å². The Balaban J connectivity index is 1.58. The molecule has 0 aliphatic heterocycles. The first-order valence-electron chi connectivity index (χ1n) is 8.23. The van der Waals surface area contributed by atoms with Crippen LogP contribution in [0.3, 0.4) is 0 Å². The number of primary sulfonamides is 1. The summed E-state index contributed by atoms with van der Waals surface area (Å²) < 4.78 is 22.6. The average molecular weight is 402 g/mol. The molecule has 3 N–H and O–H groups in total. The van der Waals surface area contributed by atoms with Crippen LogP contribution in [0.2, 0.25) is 0 Å². The van der Waals surface area contributed by atoms with Crippen LogP contribution < -0.4 is 10.5 Å². The van der Waals surface area contributed by atoms with Crippen LogP contribution in [0.25, 0.3) is 10.9 Å². The molecule has 3 rings (SSSR count). The summed E-state index contributed by atoms with van der Waals surface area (Å²) in [5.74, 6) is 0.114. The molecule has 0 aliphatic rings. The van der Waals surface area contributed by atoms with Crippen LogP contribution >= 0.6 is 11.8 Å². The average Bonchev–Trinajstić information content (AvgIpc) is 2.65. The minimum Gasteiger partial charge on any atom is -0.349 e. The maximum atomic E-state index is 12.2. The highest BCUT2D eigenvalue weighted by Gasteiger charge is 2.12. The fraction of sp³-hybridized carbons (Fsp3) is 0.158. The molecule has 27 heavy (non-hydrogen) atoms. The normalized spacial score (nSPS) is 12.7. The number of carbonyl (C=O) groups is 1. The van der Waals surface area contributed by atoms with Crippen LogP contribution in [-0.2, 0) is 14.8 Å². The maximum absolute atomic E-state index is 12.2. The van der Waals surface area contributed by atoms with Gasteiger partial charge in [0.05, 0.1) is 27.2 Å². The van der Waals surface area contributed by atoms with Crippen molar-refractivity contribution in [3.8, 4) is 0 Å². The lowest BCUT2D eigenvalue weighted by atomic mass is 10.1. The SMILES string of the molecule is C[C@H](NC(=O)CSc1ccc2ccccc2n1)c1ccc(S(N)(=O)=O)cc1. The van der Waals surface area contributed by atoms with Crippen LogP contribution in [0.1, 0.15) is 18.5 Å². The van der Waals surface area contributed by atoms with Gasteiger partial charge in [0.1, 0.15) is 0 Å². The lowest BCUT2D eigenvalue weighted by molar-refractivity contribution is -0.119. The predicted octanol–water partition coefficient (Wildman–Crippen LogP) is 2.85. The Morgan fingerprint density at radius 2 is 1.81 bits per heavy atom. The lowest BCUT2D eigenvalue weighted by Crippen LogP contribution is -2.28. The number of hydrogen-bond acceptors (Lipinski definition) is 5. The summed E-state index contributed by atoms with van der Waals surface area (Å²) in [7, 11) is -3.72. The molecule has 1 atom stereocenters. The second kappa shape index (κ2) is 8.08. The van der Waals surface area contributed by atoms with E-state index in [1.54, 1.807) is 12.1 Å². The number of aromatic nitrogens is 1. The number of nitrogens with one attached hydrogen (secondary N) is 1. The zero-order valence-corrected chi connectivity index (χ0v) is 16.3. The topological polar surface area (TPSA) is 102 Å². The van der Waals surface area contributed by atoms with Crippen molar-refractivity contribution in [2.45, 2.75) is 22.9 Å². The molecule has 1 heterocycles. The summed E-state index contributed by atoms with van der Waals surface area (Å²) in [6.07, 6.45) is 0. The van der Waals surface area contributed by atoms with Crippen molar-refractivity contribution in [3.63, 3.8) is 0 Å². The number of para-hydroxylation sites is 1. The highest BCUT2D eigenvalue weighted by atomic mass is 32.2. The fourth-order valence-corrected chi connectivity index (χ4v) is 3.78. The van der Waals surface area contributed by atoms with Gasteiger partial charge in [-0.15, -0.1) is 0 Å². The van der Waals surface area contributed by atoms with E-state index in [0.717, 1.165) is 21.5 Å². The van der Waals surface area contributed by atoms with Gasteiger partial charge >= 0.3 is 0 Å². The monoisotopic (exact) mass is 401 g/mol. The Hall–Kier alpha value is -2.42. The number of hydrogen-bond donors (Lipinski definition) is 2. The molecular formula is C19H19N3O3S2. The molecule has 0 unspecified atom stereocenters. The van der Waals surface area contributed by atoms with E-state index >= 15 is 0 Å². The van der Waals surface area contributed by atoms with E-state index in [1.807, 2.05) is 43.3 Å². The molecule has 0 radical (unpaired) electrons. The van der Waals surface area contributed by atoms with Gasteiger partial charge in [-0.2, -0.15) is 0 Å². The quantitative estimate of drug-likeness (QED) is 0.619. The molecule has 6 nitrogen and oxygen atoms in total. The predicted molar refractivity (Wildman–Crippen MR) is 107 cm³/mol. The smallest absolute Gasteiger partial charge is 0.238 e. The molecular weight excluding hydrogens is 382 g/mol. The van der Waals surface area contributed by atoms with Gasteiger partial charge in [0.2, 0.25) is 15.9 Å². The minimum absolute atomic E-state index is 0.0442. The zero-order valence-electron chi connectivity index (χ0n) is 14.6. The number of fused-ring (bicyclic) bond motifs is 1. The summed E-state index contributed by atoms with van der Waals surface area (Å²) in [4.78, 5) is 16.8. The Labute approximate surface area is 162 Å². The molecule has 0 bridgehead atoms. The second-order valence-corrected chi connectivity index (χ2v) is 8.59. The number of rotatable bonds is 6. The molecule has 0 spiro atoms. The third-order valence-corrected chi connectivity index (χ3v) is 5.87. The highest BCUT2D eigenvalue weighted by molar-refractivity contribution is 7.99. The summed E-state index contributed by atoms with van der Waals surface area (Å²) >= 11 is 1.37. The van der Waals surface area contributed by atoms with E-state index in [0.29, 0.717) is 0 Å². The van der Waals surface area contributed by atoms with Crippen molar-refractivity contribution in [1.82, 2.24) is 10.3 Å². The third-order valence-electron chi connectivity index (χ3n) is 4.01. The fourth-order valence-electron chi connectivity index (χ4n) is 2.58. The molecule has 0 fully saturated rings. The Kier molecular flexibility index (Phi) is 5.79. The summed E-state index contributed by atoms with van der Waals surface area (Å²) in [5.41, 5.74) is 1.69. The first-order chi connectivity index (χ1) is 12.8. The van der Waals surface area contributed by atoms with E-state index in [9.17, 15) is 13.2 Å². The molecule has 1 amide bonds. The van der Waals surface area contributed by atoms with Crippen LogP contribution in [0, 0.1) is 0 Å². The van der Waals surface area contributed by atoms with Gasteiger partial charge in [0, 0.05) is 5.39 Å². The summed E-state index contributed by atoms with van der Waals surface area (Å²) in [6, 6.07) is 17.6. The highest BCUT2D eigenvalue weighted by Crippen LogP contribution is 2.20. The summed E-state index contributed by atoms with van der Waals surface area (Å²) in [6.45, 7) is 1.84. The second-order valence-electron chi connectivity index (χ2n) is 6.03. The van der Waals surface area contributed by atoms with Gasteiger partial charge in [-0.1, -0.05) is 48.2 Å². The molecule has 0 aliphatic carbocycles. The Bertz CT molecular complexity index is 1070. The Morgan fingerprint density at radius 1 is 1.11 bits per heavy atom. The van der Waals surface area contributed by atoms with Crippen LogP contribution in [0.5, 0.6) is 0 Å². The van der Waals surface area contributed by atoms with Crippen molar-refractivity contribution >= 4 is 38.6 Å². The maximum Gasteiger partial charge on any atom is 0.238 e. The molecule has 140 valence electrons. The molecule has 2 aromatic carbocycles. The van der Waals surface area contributed by atoms with Gasteiger partial charge in [-0.05, 0) is 36.8 Å². The number of nitrogens with two attached hydrogens (primary N) is 1. The minimum atomic E-state index is -3.72. The molecule has 0 saturated heterocycles. The van der Waals surface area contributed by atoms with Gasteiger partial charge in [0.15, 0.2) is 0 Å². The van der Waals surface area contributed by atoms with Gasteiger partial charge in [0.25, 0.3) is 0 Å². The van der Waals surface area contributed by atoms with Crippen molar-refractivity contribution in [2.24, 2.45) is 5.14 Å². The number of thioether (sulfide) groups is 1. The van der Waals surface area contributed by atoms with E-state index in [4.69, 9.17) is 5.14 Å². The van der Waals surface area contributed by atoms with E-state index in [-0.39, 0.29) is 22.6 Å². The largest absolute Gasteiger partial charge is 0.349 e. The standard InChI is InChI=1S/C19H19N3O3S2/c1-13(14-6-9-16(10-7-14)27(20,24)25)21-18(23)12-26-19-11-8-15-4-2-3-5-17(15)22-19/h2-11,13H,12H2,1H3,(H,21,23)(H2,20,24,25)/t13-/m0/s1. The van der Waals surface area contributed by atoms with Gasteiger partial charge in [-0.3, -0.25) is 4.79 Å². The number of pyridine rings is 1. The zero-order chi connectivity index (χ0) is 19.4. The van der Waals surface area contributed by atoms with Gasteiger partial charge in [-0.25, -0.2) is 18.5 Å². The van der Waals surface area contributed by atoms with Crippen LogP contribution in [0.15, 0.2) is 70.6 Å². The number of sulfonamides is 1. The summed E-state index contributed by atoms with van der Waals surface area (Å²) in [5, 5.41) is 9.82. The van der Waals surface area contributed by atoms with Crippen molar-refractivity contribution in [2.75, 3.05) is 5.75 Å². The van der Waals surface area contributed by atoms with Crippen molar-refractivity contribution < 1.29 is 13.2 Å². The van der Waals surface area contributed by atoms with E-state index in [2.05, 4.69) is 10.3 Å². The van der Waals surface area contributed by atoms with E-state index < -0.39 is 10.0 Å². The third kappa shape index (κ3) is 5.06. The van der Waals surface area contributed by atoms with Gasteiger partial charge < -0.3 is 5.32 Å². The first kappa shape index (κ1) is 19.3. The number of amides is 1. The lowest BCUT2D eigenvalue weighted by Gasteiger charge is -2.14. The molecule has 3 aromatic rings. The van der Waals surface area contributed by atoms with Crippen LogP contribution in [-0.4, -0.2) is 25.1 Å². The first-order valence-corrected chi connectivity index (χ1v) is 10.8. The molecule has 0 saturated carbocycles. The molecule has 1 aromatic heterocycles. The molecule has 8 heteroatoms. The number of benzene rings is 2. The van der Waals surface area contributed by atoms with Crippen molar-refractivity contribution in [1.29, 1.82) is 0 Å².